The van der Waals surface area contributed by atoms with Crippen LogP contribution in [0.1, 0.15) is 19.4 Å². The van der Waals surface area contributed by atoms with Gasteiger partial charge in [0.15, 0.2) is 19.7 Å². The van der Waals surface area contributed by atoms with Gasteiger partial charge < -0.3 is 4.52 Å². The predicted octanol–water partition coefficient (Wildman–Crippen LogP) is 2.75. The predicted molar refractivity (Wildman–Crippen MR) is 101 cm³/mol. The standard InChI is InChI=1S/C14H21O7PS3/c1-5-19-22(23,20-6-2)21-13(11-24(3,15)16)12-9-7-8-10-14(12)25(4,17)18/h7-11H,5-6H2,1-4H3/b13-11+. The van der Waals surface area contributed by atoms with E-state index in [9.17, 15) is 16.8 Å². The van der Waals surface area contributed by atoms with Crippen LogP contribution in [0.2, 0.25) is 0 Å². The van der Waals surface area contributed by atoms with Crippen LogP contribution in [0.4, 0.5) is 0 Å². The first-order valence-corrected chi connectivity index (χ1v) is 13.6. The summed E-state index contributed by atoms with van der Waals surface area (Å²) in [6.45, 7) is 0.467. The maximum Gasteiger partial charge on any atom is 0.380 e. The quantitative estimate of drug-likeness (QED) is 0.438. The molecule has 0 aliphatic heterocycles. The van der Waals surface area contributed by atoms with E-state index in [1.54, 1.807) is 19.9 Å². The van der Waals surface area contributed by atoms with Crippen LogP contribution in [0.3, 0.4) is 0 Å². The Morgan fingerprint density at radius 3 is 2.04 bits per heavy atom. The molecule has 0 aromatic heterocycles. The molecule has 0 radical (unpaired) electrons. The summed E-state index contributed by atoms with van der Waals surface area (Å²) in [6.07, 6.45) is 1.98. The van der Waals surface area contributed by atoms with Crippen molar-refractivity contribution in [3.05, 3.63) is 35.2 Å². The molecular formula is C14H21O7PS3. The fourth-order valence-electron chi connectivity index (χ4n) is 1.85. The average molecular weight is 428 g/mol. The lowest BCUT2D eigenvalue weighted by Crippen LogP contribution is -2.06. The smallest absolute Gasteiger partial charge is 0.380 e. The van der Waals surface area contributed by atoms with Gasteiger partial charge in [0.1, 0.15) is 5.76 Å². The maximum atomic E-state index is 12.0. The van der Waals surface area contributed by atoms with Gasteiger partial charge >= 0.3 is 6.72 Å². The van der Waals surface area contributed by atoms with Crippen molar-refractivity contribution in [1.82, 2.24) is 0 Å². The topological polar surface area (TPSA) is 96.0 Å². The van der Waals surface area contributed by atoms with Gasteiger partial charge in [0.2, 0.25) is 0 Å². The van der Waals surface area contributed by atoms with E-state index in [1.165, 1.54) is 18.2 Å². The largest absolute Gasteiger partial charge is 0.423 e. The van der Waals surface area contributed by atoms with Crippen LogP contribution < -0.4 is 0 Å². The van der Waals surface area contributed by atoms with Gasteiger partial charge in [-0.2, -0.15) is 0 Å². The molecule has 0 aliphatic rings. The molecule has 1 rings (SSSR count). The zero-order valence-corrected chi connectivity index (χ0v) is 17.7. The molecule has 11 heteroatoms. The Morgan fingerprint density at radius 1 is 1.08 bits per heavy atom. The lowest BCUT2D eigenvalue weighted by Gasteiger charge is -2.23. The summed E-state index contributed by atoms with van der Waals surface area (Å²) in [4.78, 5) is -0.0838. The summed E-state index contributed by atoms with van der Waals surface area (Å²) in [5.74, 6) is -0.228. The summed E-state index contributed by atoms with van der Waals surface area (Å²) in [5.41, 5.74) is 0.0732. The van der Waals surface area contributed by atoms with Crippen LogP contribution in [0.5, 0.6) is 0 Å². The van der Waals surface area contributed by atoms with Crippen molar-refractivity contribution in [2.75, 3.05) is 25.7 Å². The molecule has 142 valence electrons. The van der Waals surface area contributed by atoms with Crippen molar-refractivity contribution in [2.24, 2.45) is 0 Å². The minimum atomic E-state index is -3.66. The van der Waals surface area contributed by atoms with Gasteiger partial charge in [0.25, 0.3) is 0 Å². The van der Waals surface area contributed by atoms with Gasteiger partial charge in [-0.05, 0) is 26.0 Å². The molecule has 0 saturated heterocycles. The van der Waals surface area contributed by atoms with E-state index in [0.29, 0.717) is 0 Å². The maximum absolute atomic E-state index is 12.0. The van der Waals surface area contributed by atoms with Gasteiger partial charge in [-0.15, -0.1) is 0 Å². The van der Waals surface area contributed by atoms with Crippen LogP contribution >= 0.6 is 6.72 Å². The molecule has 1 aromatic rings. The summed E-state index contributed by atoms with van der Waals surface area (Å²) in [6, 6.07) is 5.88. The van der Waals surface area contributed by atoms with E-state index >= 15 is 0 Å². The molecule has 0 spiro atoms. The van der Waals surface area contributed by atoms with Crippen molar-refractivity contribution < 1.29 is 30.4 Å². The van der Waals surface area contributed by atoms with Gasteiger partial charge in [0, 0.05) is 29.9 Å². The molecule has 7 nitrogen and oxygen atoms in total. The van der Waals surface area contributed by atoms with E-state index in [4.69, 9.17) is 25.4 Å². The monoisotopic (exact) mass is 428 g/mol. The third-order valence-corrected chi connectivity index (χ3v) is 6.88. The van der Waals surface area contributed by atoms with E-state index < -0.39 is 26.4 Å². The molecule has 0 atom stereocenters. The second-order valence-corrected chi connectivity index (χ2v) is 11.8. The first-order valence-electron chi connectivity index (χ1n) is 7.21. The van der Waals surface area contributed by atoms with E-state index in [-0.39, 0.29) is 29.4 Å². The number of rotatable bonds is 9. The molecular weight excluding hydrogens is 407 g/mol. The van der Waals surface area contributed by atoms with E-state index in [0.717, 1.165) is 17.9 Å². The highest BCUT2D eigenvalue weighted by atomic mass is 32.5. The molecule has 0 fully saturated rings. The minimum Gasteiger partial charge on any atom is -0.423 e. The van der Waals surface area contributed by atoms with Crippen LogP contribution in [0.25, 0.3) is 5.76 Å². The first kappa shape index (κ1) is 22.3. The summed E-state index contributed by atoms with van der Waals surface area (Å²) in [5, 5.41) is 0.816. The Bertz CT molecular complexity index is 879. The highest BCUT2D eigenvalue weighted by Gasteiger charge is 2.27. The summed E-state index contributed by atoms with van der Waals surface area (Å²) in [7, 11) is -7.29. The zero-order valence-electron chi connectivity index (χ0n) is 14.3. The van der Waals surface area contributed by atoms with Gasteiger partial charge in [-0.25, -0.2) is 16.8 Å². The lowest BCUT2D eigenvalue weighted by molar-refractivity contribution is 0.210. The van der Waals surface area contributed by atoms with Gasteiger partial charge in [0.05, 0.1) is 23.5 Å². The molecule has 0 bridgehead atoms. The van der Waals surface area contributed by atoms with Crippen molar-refractivity contribution in [2.45, 2.75) is 18.7 Å². The average Bonchev–Trinajstić information content (AvgIpc) is 2.44. The highest BCUT2D eigenvalue weighted by Crippen LogP contribution is 2.53. The van der Waals surface area contributed by atoms with Crippen molar-refractivity contribution >= 4 is 44.0 Å². The summed E-state index contributed by atoms with van der Waals surface area (Å²) < 4.78 is 63.9. The van der Waals surface area contributed by atoms with Crippen molar-refractivity contribution in [3.63, 3.8) is 0 Å². The number of sulfone groups is 2. The fraction of sp³-hybridized carbons (Fsp3) is 0.429. The van der Waals surface area contributed by atoms with Crippen LogP contribution in [0.15, 0.2) is 34.6 Å². The number of benzene rings is 1. The number of hydrogen-bond acceptors (Lipinski definition) is 8. The molecule has 1 aromatic carbocycles. The zero-order chi connectivity index (χ0) is 19.3. The second-order valence-electron chi connectivity index (χ2n) is 4.95. The van der Waals surface area contributed by atoms with Crippen LogP contribution in [-0.2, 0) is 45.1 Å². The third-order valence-electron chi connectivity index (χ3n) is 2.66. The highest BCUT2D eigenvalue weighted by molar-refractivity contribution is 8.07. The molecule has 0 aliphatic carbocycles. The van der Waals surface area contributed by atoms with Gasteiger partial charge in [-0.3, -0.25) is 9.05 Å². The fourth-order valence-corrected chi connectivity index (χ4v) is 5.46. The SMILES string of the molecule is CCOP(=S)(OCC)O/C(=C/S(C)(=O)=O)c1ccccc1S(C)(=O)=O. The first-order chi connectivity index (χ1) is 11.4. The molecule has 0 N–H and O–H groups in total. The van der Waals surface area contributed by atoms with Crippen LogP contribution in [0, 0.1) is 0 Å². The Morgan fingerprint density at radius 2 is 1.60 bits per heavy atom. The molecule has 0 unspecified atom stereocenters. The Labute approximate surface area is 154 Å². The van der Waals surface area contributed by atoms with Crippen molar-refractivity contribution in [1.29, 1.82) is 0 Å². The van der Waals surface area contributed by atoms with Crippen LogP contribution in [-0.4, -0.2) is 42.6 Å². The number of hydrogen-bond donors (Lipinski definition) is 0. The molecule has 25 heavy (non-hydrogen) atoms. The molecule has 0 saturated carbocycles. The summed E-state index contributed by atoms with van der Waals surface area (Å²) >= 11 is 5.26. The van der Waals surface area contributed by atoms with E-state index in [1.807, 2.05) is 0 Å². The Balaban J connectivity index is 3.59. The Kier molecular flexibility index (Phi) is 7.79. The normalized spacial score (nSPS) is 13.7. The minimum absolute atomic E-state index is 0.0732. The molecule has 0 amide bonds. The lowest BCUT2D eigenvalue weighted by atomic mass is 10.2. The second kappa shape index (κ2) is 8.75. The Hall–Kier alpha value is -0.770. The third kappa shape index (κ3) is 7.16. The van der Waals surface area contributed by atoms with E-state index in [2.05, 4.69) is 0 Å². The molecule has 0 heterocycles. The van der Waals surface area contributed by atoms with Gasteiger partial charge in [-0.1, -0.05) is 12.1 Å². The van der Waals surface area contributed by atoms with Crippen molar-refractivity contribution in [3.8, 4) is 0 Å².